The van der Waals surface area contributed by atoms with Crippen molar-refractivity contribution in [2.75, 3.05) is 19.0 Å². The second kappa shape index (κ2) is 8.79. The molecule has 0 radical (unpaired) electrons. The molecule has 0 bridgehead atoms. The second-order valence-electron chi connectivity index (χ2n) is 8.00. The van der Waals surface area contributed by atoms with Gasteiger partial charge in [-0.05, 0) is 48.7 Å². The van der Waals surface area contributed by atoms with Crippen molar-refractivity contribution in [1.82, 2.24) is 14.3 Å². The van der Waals surface area contributed by atoms with Crippen LogP contribution in [0.3, 0.4) is 0 Å². The van der Waals surface area contributed by atoms with E-state index in [4.69, 9.17) is 4.74 Å². The maximum Gasteiger partial charge on any atom is 0.348 e. The summed E-state index contributed by atoms with van der Waals surface area (Å²) in [5.74, 6) is 0.162. The maximum absolute atomic E-state index is 13.4. The van der Waals surface area contributed by atoms with Crippen LogP contribution in [0, 0.1) is 6.92 Å². The molecule has 4 aromatic rings. The molecule has 0 unspecified atom stereocenters. The Morgan fingerprint density at radius 1 is 1.18 bits per heavy atom. The van der Waals surface area contributed by atoms with Gasteiger partial charge < -0.3 is 10.1 Å². The van der Waals surface area contributed by atoms with E-state index in [0.29, 0.717) is 24.3 Å². The number of hydrogen-bond donors (Lipinski definition) is 1. The number of carbonyl (C=O) groups excluding carboxylic acids is 1. The lowest BCUT2D eigenvalue weighted by Crippen LogP contribution is -2.36. The smallest absolute Gasteiger partial charge is 0.348 e. The summed E-state index contributed by atoms with van der Waals surface area (Å²) in [7, 11) is -2.48. The van der Waals surface area contributed by atoms with Crippen molar-refractivity contribution < 1.29 is 17.9 Å². The fraction of sp³-hybridized carbons (Fsp3) is 0.208. The molecule has 0 amide bonds. The molecule has 0 fully saturated rings. The van der Waals surface area contributed by atoms with Crippen molar-refractivity contribution in [3.8, 4) is 0 Å². The molecule has 4 heterocycles. The summed E-state index contributed by atoms with van der Waals surface area (Å²) in [5.41, 5.74) is 4.15. The third-order valence-electron chi connectivity index (χ3n) is 5.80. The van der Waals surface area contributed by atoms with Crippen LogP contribution in [0.4, 0.5) is 11.5 Å². The minimum atomic E-state index is -3.76. The third-order valence-corrected chi connectivity index (χ3v) is 9.47. The van der Waals surface area contributed by atoms with Crippen molar-refractivity contribution >= 4 is 49.7 Å². The number of hydrogen-bond acceptors (Lipinski definition) is 8. The largest absolute Gasteiger partial charge is 0.465 e. The van der Waals surface area contributed by atoms with Gasteiger partial charge in [-0.2, -0.15) is 4.31 Å². The Labute approximate surface area is 201 Å². The Kier molecular flexibility index (Phi) is 5.80. The highest BCUT2D eigenvalue weighted by molar-refractivity contribution is 7.91. The Bertz CT molecular complexity index is 1510. The molecule has 174 valence electrons. The summed E-state index contributed by atoms with van der Waals surface area (Å²) >= 11 is 0.944. The van der Waals surface area contributed by atoms with Crippen molar-refractivity contribution in [3.63, 3.8) is 0 Å². The van der Waals surface area contributed by atoms with Gasteiger partial charge in [0.2, 0.25) is 0 Å². The molecule has 3 aromatic heterocycles. The standard InChI is InChI=1S/C24H22N4O4S2/c1-15-11-21(23(29)32-2)33-24(15)34(30,31)28-10-8-19-17(14-28)7-9-25-22(19)27-18-12-16-5-3-4-6-20(16)26-13-18/h3-7,9,11-13H,8,10,14H2,1-2H3,(H,25,27). The molecule has 1 aliphatic rings. The highest BCUT2D eigenvalue weighted by Crippen LogP contribution is 2.34. The number of aromatic nitrogens is 2. The van der Waals surface area contributed by atoms with E-state index in [-0.39, 0.29) is 15.6 Å². The van der Waals surface area contributed by atoms with Crippen LogP contribution in [0.25, 0.3) is 10.9 Å². The number of para-hydroxylation sites is 1. The molecule has 10 heteroatoms. The molecule has 0 saturated carbocycles. The van der Waals surface area contributed by atoms with Gasteiger partial charge in [0.05, 0.1) is 24.5 Å². The van der Waals surface area contributed by atoms with Gasteiger partial charge in [0.15, 0.2) is 0 Å². The molecule has 1 aliphatic heterocycles. The Morgan fingerprint density at radius 2 is 2.00 bits per heavy atom. The van der Waals surface area contributed by atoms with Gasteiger partial charge in [0, 0.05) is 30.2 Å². The van der Waals surface area contributed by atoms with Gasteiger partial charge in [0.1, 0.15) is 14.9 Å². The number of sulfonamides is 1. The predicted octanol–water partition coefficient (Wildman–Crippen LogP) is 4.28. The summed E-state index contributed by atoms with van der Waals surface area (Å²) in [6.07, 6.45) is 3.96. The van der Waals surface area contributed by atoms with Gasteiger partial charge in [-0.25, -0.2) is 18.2 Å². The van der Waals surface area contributed by atoms with Crippen LogP contribution in [0.15, 0.2) is 59.1 Å². The Hall–Kier alpha value is -3.34. The first-order chi connectivity index (χ1) is 16.4. The maximum atomic E-state index is 13.4. The monoisotopic (exact) mass is 494 g/mol. The SMILES string of the molecule is COC(=O)c1cc(C)c(S(=O)(=O)N2CCc3c(ccnc3Nc3cnc4ccccc4c3)C2)s1. The number of methoxy groups -OCH3 is 1. The average molecular weight is 495 g/mol. The molecule has 0 spiro atoms. The van der Waals surface area contributed by atoms with Crippen LogP contribution < -0.4 is 5.32 Å². The van der Waals surface area contributed by atoms with Gasteiger partial charge in [-0.15, -0.1) is 11.3 Å². The van der Waals surface area contributed by atoms with Crippen LogP contribution >= 0.6 is 11.3 Å². The normalized spacial score (nSPS) is 14.1. The number of carbonyl (C=O) groups is 1. The average Bonchev–Trinajstić information content (AvgIpc) is 3.26. The van der Waals surface area contributed by atoms with E-state index < -0.39 is 16.0 Å². The van der Waals surface area contributed by atoms with Gasteiger partial charge >= 0.3 is 5.97 Å². The molecular weight excluding hydrogens is 472 g/mol. The first-order valence-electron chi connectivity index (χ1n) is 10.6. The minimum Gasteiger partial charge on any atom is -0.465 e. The number of nitrogens with one attached hydrogen (secondary N) is 1. The van der Waals surface area contributed by atoms with E-state index in [9.17, 15) is 13.2 Å². The van der Waals surface area contributed by atoms with Gasteiger partial charge in [0.25, 0.3) is 10.0 Å². The number of pyridine rings is 2. The molecule has 8 nitrogen and oxygen atoms in total. The molecule has 0 aliphatic carbocycles. The summed E-state index contributed by atoms with van der Waals surface area (Å²) in [6, 6.07) is 13.3. The Morgan fingerprint density at radius 3 is 2.82 bits per heavy atom. The number of thiophene rings is 1. The van der Waals surface area contributed by atoms with Crippen molar-refractivity contribution in [1.29, 1.82) is 0 Å². The molecule has 1 N–H and O–H groups in total. The minimum absolute atomic E-state index is 0.172. The zero-order valence-corrected chi connectivity index (χ0v) is 20.2. The van der Waals surface area contributed by atoms with E-state index >= 15 is 0 Å². The third kappa shape index (κ3) is 4.04. The number of rotatable bonds is 5. The molecule has 0 atom stereocenters. The van der Waals surface area contributed by atoms with E-state index in [1.54, 1.807) is 25.4 Å². The topological polar surface area (TPSA) is 101 Å². The number of aryl methyl sites for hydroxylation is 1. The Balaban J connectivity index is 1.41. The second-order valence-corrected chi connectivity index (χ2v) is 11.2. The highest BCUT2D eigenvalue weighted by atomic mass is 32.2. The van der Waals surface area contributed by atoms with Crippen LogP contribution in [0.2, 0.25) is 0 Å². The first kappa shape index (κ1) is 22.5. The predicted molar refractivity (Wildman–Crippen MR) is 131 cm³/mol. The summed E-state index contributed by atoms with van der Waals surface area (Å²) in [6.45, 7) is 2.24. The number of anilines is 2. The van der Waals surface area contributed by atoms with Crippen molar-refractivity contribution in [2.45, 2.75) is 24.1 Å². The van der Waals surface area contributed by atoms with Crippen LogP contribution in [-0.4, -0.2) is 42.3 Å². The lowest BCUT2D eigenvalue weighted by atomic mass is 10.0. The first-order valence-corrected chi connectivity index (χ1v) is 12.9. The van der Waals surface area contributed by atoms with E-state index in [0.717, 1.165) is 39.1 Å². The summed E-state index contributed by atoms with van der Waals surface area (Å²) < 4.78 is 33.1. The fourth-order valence-electron chi connectivity index (χ4n) is 4.09. The highest BCUT2D eigenvalue weighted by Gasteiger charge is 2.33. The molecule has 34 heavy (non-hydrogen) atoms. The van der Waals surface area contributed by atoms with Crippen molar-refractivity contribution in [3.05, 3.63) is 76.4 Å². The molecular formula is C24H22N4O4S2. The zero-order chi connectivity index (χ0) is 23.9. The summed E-state index contributed by atoms with van der Waals surface area (Å²) in [4.78, 5) is 21.1. The molecule has 0 saturated heterocycles. The van der Waals surface area contributed by atoms with Crippen molar-refractivity contribution in [2.24, 2.45) is 0 Å². The van der Waals surface area contributed by atoms with E-state index in [1.807, 2.05) is 36.4 Å². The number of nitrogens with zero attached hydrogens (tertiary/aromatic N) is 3. The van der Waals surface area contributed by atoms with Gasteiger partial charge in [-0.3, -0.25) is 4.98 Å². The summed E-state index contributed by atoms with van der Waals surface area (Å²) in [5, 5.41) is 4.37. The van der Waals surface area contributed by atoms with Crippen LogP contribution in [0.5, 0.6) is 0 Å². The number of ether oxygens (including phenoxy) is 1. The van der Waals surface area contributed by atoms with Gasteiger partial charge in [-0.1, -0.05) is 18.2 Å². The van der Waals surface area contributed by atoms with Crippen LogP contribution in [-0.2, 0) is 27.7 Å². The fourth-order valence-corrected chi connectivity index (χ4v) is 7.26. The molecule has 1 aromatic carbocycles. The number of benzene rings is 1. The zero-order valence-electron chi connectivity index (χ0n) is 18.6. The lowest BCUT2D eigenvalue weighted by molar-refractivity contribution is 0.0606. The van der Waals surface area contributed by atoms with Crippen LogP contribution in [0.1, 0.15) is 26.4 Å². The number of fused-ring (bicyclic) bond motifs is 2. The van der Waals surface area contributed by atoms with E-state index in [1.165, 1.54) is 11.4 Å². The molecule has 5 rings (SSSR count). The van der Waals surface area contributed by atoms with E-state index in [2.05, 4.69) is 15.3 Å². The lowest BCUT2D eigenvalue weighted by Gasteiger charge is -2.29. The quantitative estimate of drug-likeness (QED) is 0.413. The number of esters is 1.